The summed E-state index contributed by atoms with van der Waals surface area (Å²) in [5, 5.41) is 0. The maximum atomic E-state index is 5.83. The Labute approximate surface area is 66.8 Å². The highest BCUT2D eigenvalue weighted by atomic mass is 16.7. The van der Waals surface area contributed by atoms with Crippen LogP contribution in [-0.4, -0.2) is 25.0 Å². The first-order valence-corrected chi connectivity index (χ1v) is 4.34. The van der Waals surface area contributed by atoms with Crippen molar-refractivity contribution in [1.82, 2.24) is 0 Å². The number of hydrogen-bond donors (Lipinski definition) is 1. The third-order valence-corrected chi connectivity index (χ3v) is 2.52. The molecule has 1 spiro atoms. The van der Waals surface area contributed by atoms with Crippen molar-refractivity contribution in [1.29, 1.82) is 0 Å². The molecule has 0 aromatic heterocycles. The van der Waals surface area contributed by atoms with Crippen molar-refractivity contribution in [2.75, 3.05) is 13.2 Å². The van der Waals surface area contributed by atoms with Crippen LogP contribution in [0, 0.1) is 0 Å². The smallest absolute Gasteiger partial charge is 0.169 e. The molecule has 1 aliphatic heterocycles. The van der Waals surface area contributed by atoms with Gasteiger partial charge >= 0.3 is 0 Å². The van der Waals surface area contributed by atoms with Gasteiger partial charge in [0, 0.05) is 18.9 Å². The van der Waals surface area contributed by atoms with Crippen molar-refractivity contribution in [3.05, 3.63) is 0 Å². The maximum Gasteiger partial charge on any atom is 0.169 e. The average Bonchev–Trinajstić information content (AvgIpc) is 2.37. The highest BCUT2D eigenvalue weighted by Gasteiger charge is 2.40. The molecule has 64 valence electrons. The highest BCUT2D eigenvalue weighted by molar-refractivity contribution is 4.84. The van der Waals surface area contributed by atoms with Crippen LogP contribution in [0.1, 0.15) is 25.7 Å². The molecule has 2 N–H and O–H groups in total. The van der Waals surface area contributed by atoms with Gasteiger partial charge in [-0.15, -0.1) is 0 Å². The van der Waals surface area contributed by atoms with Crippen molar-refractivity contribution in [2.45, 2.75) is 37.5 Å². The zero-order valence-electron chi connectivity index (χ0n) is 6.71. The van der Waals surface area contributed by atoms with Gasteiger partial charge in [0.05, 0.1) is 13.2 Å². The zero-order chi connectivity index (χ0) is 7.73. The molecule has 11 heavy (non-hydrogen) atoms. The monoisotopic (exact) mass is 157 g/mol. The van der Waals surface area contributed by atoms with Gasteiger partial charge in [-0.3, -0.25) is 0 Å². The van der Waals surface area contributed by atoms with Crippen molar-refractivity contribution in [3.8, 4) is 0 Å². The van der Waals surface area contributed by atoms with Crippen LogP contribution < -0.4 is 5.73 Å². The number of hydrogen-bond acceptors (Lipinski definition) is 3. The molecule has 2 aliphatic rings. The Balaban J connectivity index is 2.00. The molecular formula is C8H15NO2. The minimum Gasteiger partial charge on any atom is -0.347 e. The molecule has 0 unspecified atom stereocenters. The molecule has 0 radical (unpaired) electrons. The van der Waals surface area contributed by atoms with Crippen molar-refractivity contribution < 1.29 is 9.47 Å². The van der Waals surface area contributed by atoms with E-state index in [0.29, 0.717) is 0 Å². The lowest BCUT2D eigenvalue weighted by Gasteiger charge is -2.34. The Morgan fingerprint density at radius 3 is 2.64 bits per heavy atom. The van der Waals surface area contributed by atoms with Gasteiger partial charge in [-0.25, -0.2) is 0 Å². The molecule has 1 heterocycles. The van der Waals surface area contributed by atoms with Gasteiger partial charge in [0.1, 0.15) is 0 Å². The predicted octanol–water partition coefficient (Wildman–Crippen LogP) is 0.631. The molecule has 2 fully saturated rings. The Morgan fingerprint density at radius 2 is 2.00 bits per heavy atom. The molecule has 3 heteroatoms. The summed E-state index contributed by atoms with van der Waals surface area (Å²) < 4.78 is 11.1. The van der Waals surface area contributed by atoms with E-state index in [2.05, 4.69) is 0 Å². The fourth-order valence-electron chi connectivity index (χ4n) is 2.00. The molecule has 0 aromatic rings. The van der Waals surface area contributed by atoms with Gasteiger partial charge in [0.25, 0.3) is 0 Å². The first-order chi connectivity index (χ1) is 5.31. The predicted molar refractivity (Wildman–Crippen MR) is 41.1 cm³/mol. The minimum atomic E-state index is -0.280. The van der Waals surface area contributed by atoms with Gasteiger partial charge < -0.3 is 15.2 Å². The minimum absolute atomic E-state index is 0.279. The van der Waals surface area contributed by atoms with E-state index >= 15 is 0 Å². The highest BCUT2D eigenvalue weighted by Crippen LogP contribution is 2.34. The van der Waals surface area contributed by atoms with E-state index in [9.17, 15) is 0 Å². The zero-order valence-corrected chi connectivity index (χ0v) is 6.71. The molecule has 1 atom stereocenters. The van der Waals surface area contributed by atoms with E-state index in [1.165, 1.54) is 0 Å². The molecule has 0 bridgehead atoms. The summed E-state index contributed by atoms with van der Waals surface area (Å²) in [7, 11) is 0. The summed E-state index contributed by atoms with van der Waals surface area (Å²) in [6, 6.07) is 0.279. The molecule has 2 rings (SSSR count). The number of rotatable bonds is 0. The molecule has 1 saturated heterocycles. The molecule has 1 aliphatic carbocycles. The van der Waals surface area contributed by atoms with Crippen LogP contribution in [0.25, 0.3) is 0 Å². The van der Waals surface area contributed by atoms with Crippen molar-refractivity contribution >= 4 is 0 Å². The van der Waals surface area contributed by atoms with Crippen molar-refractivity contribution in [2.24, 2.45) is 5.73 Å². The maximum absolute atomic E-state index is 5.83. The second-order valence-electron chi connectivity index (χ2n) is 3.46. The van der Waals surface area contributed by atoms with Gasteiger partial charge in [0.2, 0.25) is 0 Å². The van der Waals surface area contributed by atoms with Crippen LogP contribution in [0.15, 0.2) is 0 Å². The van der Waals surface area contributed by atoms with Crippen LogP contribution >= 0.6 is 0 Å². The topological polar surface area (TPSA) is 44.5 Å². The van der Waals surface area contributed by atoms with E-state index in [1.807, 2.05) is 0 Å². The molecule has 3 nitrogen and oxygen atoms in total. The molecule has 1 saturated carbocycles. The normalized spacial score (nSPS) is 36.3. The summed E-state index contributed by atoms with van der Waals surface area (Å²) in [4.78, 5) is 0. The van der Waals surface area contributed by atoms with Gasteiger partial charge in [-0.1, -0.05) is 0 Å². The van der Waals surface area contributed by atoms with Crippen molar-refractivity contribution in [3.63, 3.8) is 0 Å². The first kappa shape index (κ1) is 7.53. The van der Waals surface area contributed by atoms with E-state index in [-0.39, 0.29) is 11.8 Å². The lowest BCUT2D eigenvalue weighted by Crippen LogP contribution is -2.41. The average molecular weight is 157 g/mol. The largest absolute Gasteiger partial charge is 0.347 e. The summed E-state index contributed by atoms with van der Waals surface area (Å²) >= 11 is 0. The summed E-state index contributed by atoms with van der Waals surface area (Å²) in [5.74, 6) is -0.280. The third-order valence-electron chi connectivity index (χ3n) is 2.52. The standard InChI is InChI=1S/C8H15NO2/c9-7-2-1-3-8(6-7)10-4-5-11-8/h7H,1-6,9H2/t7-/m0/s1. The Hall–Kier alpha value is -0.120. The lowest BCUT2D eigenvalue weighted by atomic mass is 9.90. The second-order valence-corrected chi connectivity index (χ2v) is 3.46. The molecular weight excluding hydrogens is 142 g/mol. The van der Waals surface area contributed by atoms with Gasteiger partial charge in [0.15, 0.2) is 5.79 Å². The summed E-state index contributed by atoms with van der Waals surface area (Å²) in [6.07, 6.45) is 4.17. The van der Waals surface area contributed by atoms with E-state index in [1.54, 1.807) is 0 Å². The lowest BCUT2D eigenvalue weighted by molar-refractivity contribution is -0.179. The molecule has 0 aromatic carbocycles. The van der Waals surface area contributed by atoms with E-state index < -0.39 is 0 Å². The third kappa shape index (κ3) is 1.41. The van der Waals surface area contributed by atoms with Crippen LogP contribution in [-0.2, 0) is 9.47 Å². The summed E-state index contributed by atoms with van der Waals surface area (Å²) in [5.41, 5.74) is 5.83. The van der Waals surface area contributed by atoms with Crippen LogP contribution in [0.4, 0.5) is 0 Å². The second kappa shape index (κ2) is 2.73. The quantitative estimate of drug-likeness (QED) is 0.561. The number of ether oxygens (including phenoxy) is 2. The Kier molecular flexibility index (Phi) is 1.87. The summed E-state index contributed by atoms with van der Waals surface area (Å²) in [6.45, 7) is 1.49. The fourth-order valence-corrected chi connectivity index (χ4v) is 2.00. The van der Waals surface area contributed by atoms with E-state index in [0.717, 1.165) is 38.9 Å². The van der Waals surface area contributed by atoms with Gasteiger partial charge in [-0.2, -0.15) is 0 Å². The Bertz CT molecular complexity index is 143. The van der Waals surface area contributed by atoms with Crippen LogP contribution in [0.5, 0.6) is 0 Å². The SMILES string of the molecule is N[C@H]1CCCC2(C1)OCCO2. The van der Waals surface area contributed by atoms with Crippen LogP contribution in [0.2, 0.25) is 0 Å². The van der Waals surface area contributed by atoms with Gasteiger partial charge in [-0.05, 0) is 12.8 Å². The van der Waals surface area contributed by atoms with E-state index in [4.69, 9.17) is 15.2 Å². The Morgan fingerprint density at radius 1 is 1.27 bits per heavy atom. The molecule has 0 amide bonds. The van der Waals surface area contributed by atoms with Crippen LogP contribution in [0.3, 0.4) is 0 Å². The number of nitrogens with two attached hydrogens (primary N) is 1. The first-order valence-electron chi connectivity index (χ1n) is 4.34. The fraction of sp³-hybridized carbons (Fsp3) is 1.00.